The highest BCUT2D eigenvalue weighted by atomic mass is 79.9. The summed E-state index contributed by atoms with van der Waals surface area (Å²) in [4.78, 5) is 0. The summed E-state index contributed by atoms with van der Waals surface area (Å²) in [5.41, 5.74) is 0. The molecule has 0 heterocycles. The van der Waals surface area contributed by atoms with Gasteiger partial charge in [0.05, 0.1) is 11.1 Å². The zero-order chi connectivity index (χ0) is 12.0. The number of benzene rings is 1. The Kier molecular flexibility index (Phi) is 6.34. The van der Waals surface area contributed by atoms with Gasteiger partial charge in [-0.2, -0.15) is 0 Å². The molecular weight excluding hydrogens is 338 g/mol. The molecule has 1 aromatic carbocycles. The number of hydrogen-bond donors (Lipinski definition) is 1. The average molecular weight is 353 g/mol. The Morgan fingerprint density at radius 1 is 1.38 bits per heavy atom. The summed E-state index contributed by atoms with van der Waals surface area (Å²) in [5, 5.41) is 3.07. The Labute approximate surface area is 113 Å². The second kappa shape index (κ2) is 7.27. The summed E-state index contributed by atoms with van der Waals surface area (Å²) in [5.74, 6) is 0.820. The van der Waals surface area contributed by atoms with Crippen LogP contribution in [0.3, 0.4) is 0 Å². The average Bonchev–Trinajstić information content (AvgIpc) is 2.23. The number of nitrogens with one attached hydrogen (secondary N) is 1. The molecule has 5 heteroatoms. The van der Waals surface area contributed by atoms with Crippen LogP contribution in [0.15, 0.2) is 27.1 Å². The molecule has 0 bridgehead atoms. The van der Waals surface area contributed by atoms with Crippen molar-refractivity contribution in [2.45, 2.75) is 6.10 Å². The molecule has 0 aliphatic carbocycles. The molecule has 90 valence electrons. The summed E-state index contributed by atoms with van der Waals surface area (Å²) >= 11 is 6.86. The van der Waals surface area contributed by atoms with Crippen molar-refractivity contribution < 1.29 is 9.47 Å². The van der Waals surface area contributed by atoms with E-state index in [1.54, 1.807) is 7.11 Å². The van der Waals surface area contributed by atoms with Gasteiger partial charge in [-0.15, -0.1) is 0 Å². The van der Waals surface area contributed by atoms with Crippen LogP contribution < -0.4 is 10.1 Å². The van der Waals surface area contributed by atoms with Gasteiger partial charge >= 0.3 is 0 Å². The first kappa shape index (κ1) is 14.0. The van der Waals surface area contributed by atoms with Crippen molar-refractivity contribution in [3.63, 3.8) is 0 Å². The summed E-state index contributed by atoms with van der Waals surface area (Å²) in [6.45, 7) is 1.31. The minimum atomic E-state index is 0.00692. The Morgan fingerprint density at radius 2 is 2.12 bits per heavy atom. The third-order valence-corrected chi connectivity index (χ3v) is 3.08. The third-order valence-electron chi connectivity index (χ3n) is 1.97. The van der Waals surface area contributed by atoms with Gasteiger partial charge < -0.3 is 14.8 Å². The van der Waals surface area contributed by atoms with Crippen LogP contribution in [0.5, 0.6) is 5.75 Å². The number of halogens is 2. The van der Waals surface area contributed by atoms with E-state index >= 15 is 0 Å². The maximum absolute atomic E-state index is 5.83. The Balaban J connectivity index is 2.68. The fourth-order valence-electron chi connectivity index (χ4n) is 1.30. The highest BCUT2D eigenvalue weighted by Gasteiger charge is 2.11. The fourth-order valence-corrected chi connectivity index (χ4v) is 2.44. The molecule has 0 radical (unpaired) electrons. The fraction of sp³-hybridized carbons (Fsp3) is 0.455. The van der Waals surface area contributed by atoms with Gasteiger partial charge in [-0.3, -0.25) is 0 Å². The molecule has 0 amide bonds. The zero-order valence-corrected chi connectivity index (χ0v) is 12.5. The molecule has 1 atom stereocenters. The summed E-state index contributed by atoms with van der Waals surface area (Å²) in [6, 6.07) is 5.83. The zero-order valence-electron chi connectivity index (χ0n) is 9.30. The predicted octanol–water partition coefficient (Wildman–Crippen LogP) is 2.82. The highest BCUT2D eigenvalue weighted by molar-refractivity contribution is 9.11. The van der Waals surface area contributed by atoms with E-state index in [4.69, 9.17) is 9.47 Å². The van der Waals surface area contributed by atoms with E-state index in [1.807, 2.05) is 25.2 Å². The lowest BCUT2D eigenvalue weighted by Gasteiger charge is -2.19. The number of hydrogen-bond acceptors (Lipinski definition) is 3. The molecule has 3 nitrogen and oxygen atoms in total. The van der Waals surface area contributed by atoms with Crippen LogP contribution in [-0.4, -0.2) is 33.4 Å². The highest BCUT2D eigenvalue weighted by Crippen LogP contribution is 2.28. The van der Waals surface area contributed by atoms with Crippen LogP contribution in [0, 0.1) is 0 Å². The first-order valence-electron chi connectivity index (χ1n) is 4.92. The molecule has 1 aromatic rings. The van der Waals surface area contributed by atoms with Gasteiger partial charge in [0.25, 0.3) is 0 Å². The Hall–Kier alpha value is -0.100. The van der Waals surface area contributed by atoms with E-state index in [-0.39, 0.29) is 6.10 Å². The lowest BCUT2D eigenvalue weighted by molar-refractivity contribution is 0.0813. The van der Waals surface area contributed by atoms with Gasteiger partial charge in [0, 0.05) is 18.1 Å². The predicted molar refractivity (Wildman–Crippen MR) is 72.1 cm³/mol. The van der Waals surface area contributed by atoms with Crippen LogP contribution >= 0.6 is 31.9 Å². The summed E-state index contributed by atoms with van der Waals surface area (Å²) in [7, 11) is 3.56. The second-order valence-corrected chi connectivity index (χ2v) is 5.10. The SMILES string of the molecule is CNCC(COC)Oc1ccc(Br)cc1Br. The van der Waals surface area contributed by atoms with Gasteiger partial charge in [-0.1, -0.05) is 15.9 Å². The van der Waals surface area contributed by atoms with Gasteiger partial charge in [0.1, 0.15) is 11.9 Å². The van der Waals surface area contributed by atoms with Crippen molar-refractivity contribution in [3.05, 3.63) is 27.1 Å². The van der Waals surface area contributed by atoms with E-state index in [2.05, 4.69) is 37.2 Å². The van der Waals surface area contributed by atoms with Crippen molar-refractivity contribution >= 4 is 31.9 Å². The minimum Gasteiger partial charge on any atom is -0.486 e. The van der Waals surface area contributed by atoms with Gasteiger partial charge in [0.2, 0.25) is 0 Å². The second-order valence-electron chi connectivity index (χ2n) is 3.33. The molecule has 0 saturated heterocycles. The van der Waals surface area contributed by atoms with Gasteiger partial charge in [-0.05, 0) is 41.2 Å². The maximum Gasteiger partial charge on any atom is 0.134 e. The van der Waals surface area contributed by atoms with Gasteiger partial charge in [-0.25, -0.2) is 0 Å². The van der Waals surface area contributed by atoms with Crippen LogP contribution in [0.1, 0.15) is 0 Å². The Morgan fingerprint density at radius 3 is 2.69 bits per heavy atom. The number of ether oxygens (including phenoxy) is 2. The van der Waals surface area contributed by atoms with E-state index < -0.39 is 0 Å². The Bertz CT molecular complexity index is 328. The monoisotopic (exact) mass is 351 g/mol. The quantitative estimate of drug-likeness (QED) is 0.853. The molecule has 0 saturated carbocycles. The molecule has 0 aliphatic heterocycles. The standard InChI is InChI=1S/C11H15Br2NO2/c1-14-6-9(7-15-2)16-11-4-3-8(12)5-10(11)13/h3-5,9,14H,6-7H2,1-2H3. The molecule has 16 heavy (non-hydrogen) atoms. The third kappa shape index (κ3) is 4.41. The molecule has 1 N–H and O–H groups in total. The number of methoxy groups -OCH3 is 1. The van der Waals surface area contributed by atoms with Crippen LogP contribution in [0.2, 0.25) is 0 Å². The summed E-state index contributed by atoms with van der Waals surface area (Å²) < 4.78 is 12.9. The van der Waals surface area contributed by atoms with E-state index in [0.717, 1.165) is 21.2 Å². The topological polar surface area (TPSA) is 30.5 Å². The van der Waals surface area contributed by atoms with Crippen molar-refractivity contribution in [2.75, 3.05) is 27.3 Å². The van der Waals surface area contributed by atoms with E-state index in [0.29, 0.717) is 6.61 Å². The first-order valence-corrected chi connectivity index (χ1v) is 6.51. The lowest BCUT2D eigenvalue weighted by Crippen LogP contribution is -2.33. The number of likely N-dealkylation sites (N-methyl/N-ethyl adjacent to an activating group) is 1. The van der Waals surface area contributed by atoms with Crippen LogP contribution in [0.25, 0.3) is 0 Å². The molecule has 0 spiro atoms. The van der Waals surface area contributed by atoms with Crippen molar-refractivity contribution in [1.29, 1.82) is 0 Å². The normalized spacial score (nSPS) is 12.5. The van der Waals surface area contributed by atoms with Crippen molar-refractivity contribution in [3.8, 4) is 5.75 Å². The largest absolute Gasteiger partial charge is 0.486 e. The first-order chi connectivity index (χ1) is 7.67. The summed E-state index contributed by atoms with van der Waals surface area (Å²) in [6.07, 6.45) is 0.00692. The molecule has 0 aromatic heterocycles. The molecule has 0 aliphatic rings. The maximum atomic E-state index is 5.83. The van der Waals surface area contributed by atoms with Crippen LogP contribution in [0.4, 0.5) is 0 Å². The van der Waals surface area contributed by atoms with Crippen molar-refractivity contribution in [1.82, 2.24) is 5.32 Å². The van der Waals surface area contributed by atoms with E-state index in [9.17, 15) is 0 Å². The minimum absolute atomic E-state index is 0.00692. The van der Waals surface area contributed by atoms with Crippen molar-refractivity contribution in [2.24, 2.45) is 0 Å². The van der Waals surface area contributed by atoms with Gasteiger partial charge in [0.15, 0.2) is 0 Å². The number of rotatable bonds is 6. The lowest BCUT2D eigenvalue weighted by atomic mass is 10.3. The van der Waals surface area contributed by atoms with Crippen LogP contribution in [-0.2, 0) is 4.74 Å². The molecular formula is C11H15Br2NO2. The smallest absolute Gasteiger partial charge is 0.134 e. The molecule has 1 rings (SSSR count). The molecule has 1 unspecified atom stereocenters. The van der Waals surface area contributed by atoms with E-state index in [1.165, 1.54) is 0 Å². The molecule has 0 fully saturated rings.